The van der Waals surface area contributed by atoms with Gasteiger partial charge in [0.2, 0.25) is 0 Å². The maximum atomic E-state index is 10.2. The van der Waals surface area contributed by atoms with Crippen LogP contribution in [0.1, 0.15) is 124 Å². The SMILES string of the molecule is CCCCCC/C=C/CCCCCCCCCCCC1NC=C[N+]1(CC)C(C)O. The van der Waals surface area contributed by atoms with Crippen molar-refractivity contribution in [2.24, 2.45) is 0 Å². The fourth-order valence-electron chi connectivity index (χ4n) is 4.60. The summed E-state index contributed by atoms with van der Waals surface area (Å²) in [7, 11) is 0. The first-order valence-corrected chi connectivity index (χ1v) is 12.8. The summed E-state index contributed by atoms with van der Waals surface area (Å²) in [6.07, 6.45) is 30.5. The Kier molecular flexibility index (Phi) is 15.3. The fraction of sp³-hybridized carbons (Fsp3) is 0.846. The molecule has 0 radical (unpaired) electrons. The van der Waals surface area contributed by atoms with Gasteiger partial charge in [-0.05, 0) is 39.0 Å². The summed E-state index contributed by atoms with van der Waals surface area (Å²) in [5.74, 6) is 0. The zero-order chi connectivity index (χ0) is 21.2. The Morgan fingerprint density at radius 1 is 0.828 bits per heavy atom. The second kappa shape index (κ2) is 16.9. The van der Waals surface area contributed by atoms with E-state index in [0.29, 0.717) is 10.6 Å². The van der Waals surface area contributed by atoms with Crippen molar-refractivity contribution in [1.29, 1.82) is 0 Å². The Bertz CT molecular complexity index is 432. The van der Waals surface area contributed by atoms with Crippen molar-refractivity contribution in [2.75, 3.05) is 6.54 Å². The van der Waals surface area contributed by atoms with Crippen LogP contribution < -0.4 is 5.32 Å². The number of allylic oxidation sites excluding steroid dienone is 2. The largest absolute Gasteiger partial charge is 0.345 e. The third kappa shape index (κ3) is 10.7. The first-order valence-electron chi connectivity index (χ1n) is 12.8. The standard InChI is InChI=1S/C26H51N2O/c1-4-6-7-8-9-10-11-12-13-14-15-16-17-18-19-20-21-22-26-27-23-24-28(26,5-2)25(3)29/h10-11,23-27,29H,4-9,12-22H2,1-3H3/q+1/b11-10+. The van der Waals surface area contributed by atoms with Gasteiger partial charge in [0.05, 0.1) is 12.7 Å². The highest BCUT2D eigenvalue weighted by molar-refractivity contribution is 4.84. The Balaban J connectivity index is 1.88. The normalized spacial score (nSPS) is 22.4. The van der Waals surface area contributed by atoms with E-state index in [-0.39, 0.29) is 6.23 Å². The van der Waals surface area contributed by atoms with E-state index >= 15 is 0 Å². The van der Waals surface area contributed by atoms with E-state index in [9.17, 15) is 5.11 Å². The van der Waals surface area contributed by atoms with Gasteiger partial charge in [-0.2, -0.15) is 0 Å². The second-order valence-electron chi connectivity index (χ2n) is 9.02. The summed E-state index contributed by atoms with van der Waals surface area (Å²) in [5, 5.41) is 13.7. The molecule has 3 unspecified atom stereocenters. The molecular weight excluding hydrogens is 356 g/mol. The van der Waals surface area contributed by atoms with E-state index in [1.165, 1.54) is 96.3 Å². The average Bonchev–Trinajstić information content (AvgIpc) is 3.14. The number of aliphatic hydroxyl groups is 1. The highest BCUT2D eigenvalue weighted by Crippen LogP contribution is 2.25. The molecule has 0 saturated heterocycles. The summed E-state index contributed by atoms with van der Waals surface area (Å²) in [5.41, 5.74) is 0. The third-order valence-corrected chi connectivity index (χ3v) is 6.70. The van der Waals surface area contributed by atoms with Gasteiger partial charge in [-0.3, -0.25) is 4.48 Å². The fourth-order valence-corrected chi connectivity index (χ4v) is 4.60. The Morgan fingerprint density at radius 2 is 1.34 bits per heavy atom. The molecule has 0 aromatic rings. The number of nitrogens with one attached hydrogen (secondary N) is 1. The molecule has 3 atom stereocenters. The van der Waals surface area contributed by atoms with Crippen molar-refractivity contribution in [3.8, 4) is 0 Å². The van der Waals surface area contributed by atoms with Gasteiger partial charge in [-0.1, -0.05) is 83.3 Å². The Hall–Kier alpha value is -0.800. The van der Waals surface area contributed by atoms with Crippen LogP contribution in [0.15, 0.2) is 24.6 Å². The molecule has 1 aliphatic heterocycles. The van der Waals surface area contributed by atoms with Crippen LogP contribution in [-0.2, 0) is 0 Å². The van der Waals surface area contributed by atoms with E-state index in [1.54, 1.807) is 0 Å². The highest BCUT2D eigenvalue weighted by atomic mass is 16.3. The zero-order valence-corrected chi connectivity index (χ0v) is 19.9. The lowest BCUT2D eigenvalue weighted by molar-refractivity contribution is -0.942. The number of nitrogens with zero attached hydrogens (tertiary/aromatic N) is 1. The Morgan fingerprint density at radius 3 is 1.86 bits per heavy atom. The summed E-state index contributed by atoms with van der Waals surface area (Å²) in [4.78, 5) is 0. The molecule has 3 heteroatoms. The summed E-state index contributed by atoms with van der Waals surface area (Å²) in [6.45, 7) is 7.30. The lowest BCUT2D eigenvalue weighted by atomic mass is 10.0. The quantitative estimate of drug-likeness (QED) is 0.133. The van der Waals surface area contributed by atoms with Gasteiger partial charge < -0.3 is 10.4 Å². The molecule has 0 saturated carbocycles. The molecule has 1 heterocycles. The lowest BCUT2D eigenvalue weighted by Crippen LogP contribution is -2.57. The van der Waals surface area contributed by atoms with Crippen LogP contribution in [0.4, 0.5) is 0 Å². The predicted molar refractivity (Wildman–Crippen MR) is 127 cm³/mol. The molecule has 3 nitrogen and oxygen atoms in total. The minimum absolute atomic E-state index is 0.336. The number of quaternary nitrogens is 1. The molecule has 0 aromatic carbocycles. The number of aliphatic hydroxyl groups excluding tert-OH is 1. The number of hydrogen-bond acceptors (Lipinski definition) is 2. The molecule has 0 amide bonds. The predicted octanol–water partition coefficient (Wildman–Crippen LogP) is 7.38. The number of unbranched alkanes of at least 4 members (excludes halogenated alkanes) is 13. The molecule has 0 aromatic heterocycles. The Labute approximate surface area is 182 Å². The molecule has 29 heavy (non-hydrogen) atoms. The van der Waals surface area contributed by atoms with Crippen molar-refractivity contribution < 1.29 is 9.59 Å². The van der Waals surface area contributed by atoms with Crippen LogP contribution in [0.2, 0.25) is 0 Å². The third-order valence-electron chi connectivity index (χ3n) is 6.70. The van der Waals surface area contributed by atoms with Crippen molar-refractivity contribution in [3.63, 3.8) is 0 Å². The van der Waals surface area contributed by atoms with Gasteiger partial charge >= 0.3 is 0 Å². The molecule has 0 fully saturated rings. The van der Waals surface area contributed by atoms with Crippen molar-refractivity contribution in [2.45, 2.75) is 136 Å². The molecule has 1 aliphatic rings. The minimum atomic E-state index is -0.336. The maximum absolute atomic E-state index is 10.2. The number of rotatable bonds is 19. The van der Waals surface area contributed by atoms with Crippen LogP contribution in [0.3, 0.4) is 0 Å². The minimum Gasteiger partial charge on any atom is -0.345 e. The lowest BCUT2D eigenvalue weighted by Gasteiger charge is -2.39. The van der Waals surface area contributed by atoms with E-state index < -0.39 is 0 Å². The van der Waals surface area contributed by atoms with Crippen LogP contribution in [0.25, 0.3) is 0 Å². The maximum Gasteiger partial charge on any atom is 0.193 e. The van der Waals surface area contributed by atoms with Crippen molar-refractivity contribution >= 4 is 0 Å². The summed E-state index contributed by atoms with van der Waals surface area (Å²) < 4.78 is 0.675. The first kappa shape index (κ1) is 26.2. The second-order valence-corrected chi connectivity index (χ2v) is 9.02. The van der Waals surface area contributed by atoms with Gasteiger partial charge in [-0.15, -0.1) is 0 Å². The van der Waals surface area contributed by atoms with Crippen molar-refractivity contribution in [3.05, 3.63) is 24.6 Å². The van der Waals surface area contributed by atoms with Crippen LogP contribution in [-0.4, -0.2) is 28.5 Å². The first-order chi connectivity index (χ1) is 14.2. The summed E-state index contributed by atoms with van der Waals surface area (Å²) in [6, 6.07) is 0. The van der Waals surface area contributed by atoms with Gasteiger partial charge in [0, 0.05) is 13.3 Å². The monoisotopic (exact) mass is 407 g/mol. The molecule has 170 valence electrons. The highest BCUT2D eigenvalue weighted by Gasteiger charge is 2.40. The van der Waals surface area contributed by atoms with E-state index in [0.717, 1.165) is 13.0 Å². The molecule has 0 bridgehead atoms. The number of hydrogen-bond donors (Lipinski definition) is 2. The smallest absolute Gasteiger partial charge is 0.193 e. The van der Waals surface area contributed by atoms with E-state index in [4.69, 9.17) is 0 Å². The van der Waals surface area contributed by atoms with Gasteiger partial charge in [-0.25, -0.2) is 0 Å². The van der Waals surface area contributed by atoms with Gasteiger partial charge in [0.15, 0.2) is 12.4 Å². The molecule has 0 aliphatic carbocycles. The van der Waals surface area contributed by atoms with E-state index in [2.05, 4.69) is 37.5 Å². The topological polar surface area (TPSA) is 32.3 Å². The van der Waals surface area contributed by atoms with Gasteiger partial charge in [0.1, 0.15) is 6.20 Å². The van der Waals surface area contributed by atoms with Crippen LogP contribution in [0.5, 0.6) is 0 Å². The van der Waals surface area contributed by atoms with E-state index in [1.807, 2.05) is 13.1 Å². The molecule has 2 N–H and O–H groups in total. The van der Waals surface area contributed by atoms with Crippen molar-refractivity contribution in [1.82, 2.24) is 5.32 Å². The summed E-state index contributed by atoms with van der Waals surface area (Å²) >= 11 is 0. The average molecular weight is 408 g/mol. The zero-order valence-electron chi connectivity index (χ0n) is 19.9. The molecular formula is C26H51N2O+. The molecule has 1 rings (SSSR count). The van der Waals surface area contributed by atoms with Gasteiger partial charge in [0.25, 0.3) is 0 Å². The molecule has 0 spiro atoms. The van der Waals surface area contributed by atoms with Crippen LogP contribution in [0, 0.1) is 0 Å². The van der Waals surface area contributed by atoms with Crippen LogP contribution >= 0.6 is 0 Å².